The van der Waals surface area contributed by atoms with Crippen molar-refractivity contribution >= 4 is 37.5 Å². The van der Waals surface area contributed by atoms with E-state index in [4.69, 9.17) is 28.4 Å². The molecule has 14 heteroatoms. The number of hydrogen-bond donors (Lipinski definition) is 2. The van der Waals surface area contributed by atoms with Crippen LogP contribution in [0.15, 0.2) is 88.2 Å². The molecule has 0 aromatic heterocycles. The van der Waals surface area contributed by atoms with E-state index in [-0.39, 0.29) is 47.1 Å². The lowest BCUT2D eigenvalue weighted by atomic mass is 10.0. The maximum atomic E-state index is 13.3. The van der Waals surface area contributed by atoms with Crippen molar-refractivity contribution in [3.05, 3.63) is 100 Å². The molecule has 1 heterocycles. The van der Waals surface area contributed by atoms with Crippen molar-refractivity contribution in [1.82, 2.24) is 5.06 Å². The fourth-order valence-electron chi connectivity index (χ4n) is 5.64. The van der Waals surface area contributed by atoms with E-state index in [1.165, 1.54) is 19.2 Å². The monoisotopic (exact) mass is 770 g/mol. The molecule has 1 saturated heterocycles. The number of hydrogen-bond acceptors (Lipinski definition) is 10. The molecule has 2 amide bonds. The van der Waals surface area contributed by atoms with Gasteiger partial charge in [0.2, 0.25) is 5.75 Å². The second-order valence-corrected chi connectivity index (χ2v) is 14.4. The van der Waals surface area contributed by atoms with Crippen LogP contribution in [0.5, 0.6) is 28.7 Å². The zero-order valence-electron chi connectivity index (χ0n) is 28.1. The molecule has 4 aromatic rings. The van der Waals surface area contributed by atoms with E-state index in [9.17, 15) is 18.4 Å². The van der Waals surface area contributed by atoms with Crippen LogP contribution in [0.4, 0.5) is 10.5 Å². The van der Waals surface area contributed by atoms with Gasteiger partial charge in [-0.2, -0.15) is 0 Å². The van der Waals surface area contributed by atoms with Gasteiger partial charge in [0.05, 0.1) is 63.5 Å². The summed E-state index contributed by atoms with van der Waals surface area (Å²) in [6.07, 6.45) is 0.575. The molecule has 2 N–H and O–H groups in total. The summed E-state index contributed by atoms with van der Waals surface area (Å²) in [5.74, 6) is 1.49. The number of ether oxygens (including phenoxy) is 6. The molecule has 0 aliphatic carbocycles. The number of amides is 2. The van der Waals surface area contributed by atoms with Crippen LogP contribution in [-0.2, 0) is 21.1 Å². The zero-order valence-corrected chi connectivity index (χ0v) is 30.5. The van der Waals surface area contributed by atoms with Crippen molar-refractivity contribution < 1.29 is 46.8 Å². The van der Waals surface area contributed by atoms with Crippen LogP contribution in [0.1, 0.15) is 41.7 Å². The molecule has 5 rings (SSSR count). The van der Waals surface area contributed by atoms with Crippen LogP contribution in [0, 0.1) is 0 Å². The molecule has 1 fully saturated rings. The Balaban J connectivity index is 1.42. The van der Waals surface area contributed by atoms with Crippen LogP contribution >= 0.6 is 15.9 Å². The number of nitrogens with zero attached hydrogens (tertiary/aromatic N) is 1. The molecule has 2 unspecified atom stereocenters. The fourth-order valence-corrected chi connectivity index (χ4v) is 6.99. The first kappa shape index (κ1) is 36.8. The Morgan fingerprint density at radius 1 is 0.840 bits per heavy atom. The van der Waals surface area contributed by atoms with Gasteiger partial charge in [0.1, 0.15) is 6.61 Å². The van der Waals surface area contributed by atoms with Crippen molar-refractivity contribution in [2.45, 2.75) is 36.5 Å². The van der Waals surface area contributed by atoms with E-state index in [0.29, 0.717) is 46.3 Å². The number of carbonyl (C=O) groups is 1. The quantitative estimate of drug-likeness (QED) is 0.0987. The summed E-state index contributed by atoms with van der Waals surface area (Å²) in [6.45, 7) is -0.319. The maximum absolute atomic E-state index is 13.3. The minimum atomic E-state index is -3.69. The third kappa shape index (κ3) is 8.62. The average Bonchev–Trinajstić information content (AvgIpc) is 3.62. The lowest BCUT2D eigenvalue weighted by Gasteiger charge is -2.22. The summed E-state index contributed by atoms with van der Waals surface area (Å²) in [5, 5.41) is 13.9. The zero-order chi connectivity index (χ0) is 35.8. The summed E-state index contributed by atoms with van der Waals surface area (Å²) in [4.78, 5) is 13.4. The molecule has 0 spiro atoms. The van der Waals surface area contributed by atoms with E-state index >= 15 is 0 Å². The molecule has 12 nitrogen and oxygen atoms in total. The Labute approximate surface area is 299 Å². The predicted molar refractivity (Wildman–Crippen MR) is 189 cm³/mol. The third-order valence-electron chi connectivity index (χ3n) is 8.17. The molecular weight excluding hydrogens is 732 g/mol. The molecule has 0 radical (unpaired) electrons. The van der Waals surface area contributed by atoms with Gasteiger partial charge >= 0.3 is 6.03 Å². The van der Waals surface area contributed by atoms with E-state index < -0.39 is 22.0 Å². The number of methoxy groups -OCH3 is 4. The summed E-state index contributed by atoms with van der Waals surface area (Å²) in [5.41, 5.74) is 2.39. The van der Waals surface area contributed by atoms with Gasteiger partial charge in [-0.05, 0) is 78.1 Å². The number of urea groups is 1. The first-order chi connectivity index (χ1) is 24.1. The second-order valence-electron chi connectivity index (χ2n) is 11.3. The SMILES string of the molecule is COc1cc(C2CCC(c3cc(OC)c(OC)c(OC)c3)O2)cc(NC(=O)N(O)Cc2ccccc2)c1OCCS(=O)(=O)c1ccc(Br)cc1. The fraction of sp³-hybridized carbons (Fsp3) is 0.306. The molecule has 2 atom stereocenters. The van der Waals surface area contributed by atoms with Crippen molar-refractivity contribution in [3.8, 4) is 28.7 Å². The number of anilines is 1. The largest absolute Gasteiger partial charge is 0.493 e. The number of sulfone groups is 1. The van der Waals surface area contributed by atoms with Gasteiger partial charge in [0.25, 0.3) is 0 Å². The first-order valence-corrected chi connectivity index (χ1v) is 18.1. The average molecular weight is 772 g/mol. The van der Waals surface area contributed by atoms with E-state index in [1.54, 1.807) is 69.9 Å². The summed E-state index contributed by atoms with van der Waals surface area (Å²) in [6, 6.07) is 21.6. The van der Waals surface area contributed by atoms with E-state index in [2.05, 4.69) is 21.2 Å². The van der Waals surface area contributed by atoms with Gasteiger partial charge in [-0.15, -0.1) is 0 Å². The highest BCUT2D eigenvalue weighted by Crippen LogP contribution is 2.48. The van der Waals surface area contributed by atoms with Crippen LogP contribution in [-0.4, -0.2) is 65.5 Å². The number of rotatable bonds is 14. The lowest BCUT2D eigenvalue weighted by molar-refractivity contribution is -0.0449. The highest BCUT2D eigenvalue weighted by atomic mass is 79.9. The first-order valence-electron chi connectivity index (χ1n) is 15.7. The number of halogens is 1. The molecular formula is C36H39BrN2O10S. The minimum absolute atomic E-state index is 0.0761. The topological polar surface area (TPSA) is 142 Å². The highest BCUT2D eigenvalue weighted by Gasteiger charge is 2.31. The molecule has 4 aromatic carbocycles. The number of hydroxylamine groups is 2. The van der Waals surface area contributed by atoms with Gasteiger partial charge in [0, 0.05) is 4.47 Å². The minimum Gasteiger partial charge on any atom is -0.493 e. The standard InChI is InChI=1S/C36H39BrN2O10S/c1-44-31-19-24(29-14-15-30(49-29)25-20-32(45-2)35(47-4)33(21-25)46-3)18-28(38-36(40)39(41)22-23-8-6-5-7-9-23)34(31)48-16-17-50(42,43)27-12-10-26(37)11-13-27/h5-13,18-21,29-30,41H,14-17,22H2,1-4H3,(H,38,40). The molecule has 0 saturated carbocycles. The van der Waals surface area contributed by atoms with Crippen LogP contribution in [0.3, 0.4) is 0 Å². The van der Waals surface area contributed by atoms with Gasteiger partial charge < -0.3 is 33.7 Å². The predicted octanol–water partition coefficient (Wildman–Crippen LogP) is 7.35. The Kier molecular flexibility index (Phi) is 12.1. The molecule has 1 aliphatic heterocycles. The van der Waals surface area contributed by atoms with Gasteiger partial charge in [-0.25, -0.2) is 18.3 Å². The molecule has 0 bridgehead atoms. The number of carbonyl (C=O) groups excluding carboxylic acids is 1. The Morgan fingerprint density at radius 3 is 1.96 bits per heavy atom. The Morgan fingerprint density at radius 2 is 1.40 bits per heavy atom. The third-order valence-corrected chi connectivity index (χ3v) is 10.4. The number of nitrogens with one attached hydrogen (secondary N) is 1. The smallest absolute Gasteiger partial charge is 0.345 e. The van der Waals surface area contributed by atoms with Crippen molar-refractivity contribution in [1.29, 1.82) is 0 Å². The summed E-state index contributed by atoms with van der Waals surface area (Å²) in [7, 11) is 2.40. The maximum Gasteiger partial charge on any atom is 0.345 e. The molecule has 266 valence electrons. The summed E-state index contributed by atoms with van der Waals surface area (Å²) < 4.78 is 61.6. The second kappa shape index (κ2) is 16.5. The van der Waals surface area contributed by atoms with Gasteiger partial charge in [-0.3, -0.25) is 5.21 Å². The van der Waals surface area contributed by atoms with Crippen molar-refractivity contribution in [2.75, 3.05) is 46.1 Å². The highest BCUT2D eigenvalue weighted by molar-refractivity contribution is 9.10. The van der Waals surface area contributed by atoms with Crippen molar-refractivity contribution in [3.63, 3.8) is 0 Å². The lowest BCUT2D eigenvalue weighted by Crippen LogP contribution is -2.31. The summed E-state index contributed by atoms with van der Waals surface area (Å²) >= 11 is 3.32. The van der Waals surface area contributed by atoms with Gasteiger partial charge in [-0.1, -0.05) is 46.3 Å². The van der Waals surface area contributed by atoms with Crippen LogP contribution in [0.25, 0.3) is 0 Å². The van der Waals surface area contributed by atoms with E-state index in [1.807, 2.05) is 18.2 Å². The number of benzene rings is 4. The molecule has 1 aliphatic rings. The Bertz CT molecular complexity index is 1870. The van der Waals surface area contributed by atoms with Crippen LogP contribution < -0.4 is 29.0 Å². The normalized spacial score (nSPS) is 15.6. The molecule has 50 heavy (non-hydrogen) atoms. The van der Waals surface area contributed by atoms with E-state index in [0.717, 1.165) is 10.0 Å². The van der Waals surface area contributed by atoms with Crippen LogP contribution in [0.2, 0.25) is 0 Å². The van der Waals surface area contributed by atoms with Gasteiger partial charge in [0.15, 0.2) is 32.8 Å². The Hall–Kier alpha value is -4.50. The van der Waals surface area contributed by atoms with Crippen molar-refractivity contribution in [2.24, 2.45) is 0 Å².